The minimum absolute atomic E-state index is 0.403. The van der Waals surface area contributed by atoms with Gasteiger partial charge in [0.2, 0.25) is 0 Å². The van der Waals surface area contributed by atoms with Crippen molar-refractivity contribution in [2.24, 2.45) is 5.41 Å². The first-order chi connectivity index (χ1) is 9.35. The van der Waals surface area contributed by atoms with Gasteiger partial charge in [-0.05, 0) is 42.9 Å². The molecule has 3 heteroatoms. The van der Waals surface area contributed by atoms with Crippen LogP contribution in [0, 0.1) is 12.3 Å². The van der Waals surface area contributed by atoms with Crippen molar-refractivity contribution in [3.63, 3.8) is 0 Å². The van der Waals surface area contributed by atoms with Crippen LogP contribution < -0.4 is 10.2 Å². The minimum atomic E-state index is 0.403. The zero-order valence-corrected chi connectivity index (χ0v) is 13.7. The second-order valence-corrected chi connectivity index (χ2v) is 7.20. The number of pyridine rings is 1. The first-order valence-electron chi connectivity index (χ1n) is 7.82. The summed E-state index contributed by atoms with van der Waals surface area (Å²) in [5.41, 5.74) is 2.86. The molecule has 1 aliphatic rings. The molecule has 1 aromatic heterocycles. The van der Waals surface area contributed by atoms with E-state index in [-0.39, 0.29) is 0 Å². The van der Waals surface area contributed by atoms with Crippen LogP contribution in [-0.4, -0.2) is 24.1 Å². The number of aryl methyl sites for hydroxylation is 1. The van der Waals surface area contributed by atoms with Crippen LogP contribution in [0.1, 0.15) is 51.8 Å². The van der Waals surface area contributed by atoms with Gasteiger partial charge in [-0.15, -0.1) is 0 Å². The summed E-state index contributed by atoms with van der Waals surface area (Å²) in [6, 6.07) is 4.96. The molecule has 0 spiro atoms. The number of hydrogen-bond acceptors (Lipinski definition) is 3. The summed E-state index contributed by atoms with van der Waals surface area (Å²) in [6.07, 6.45) is 2.58. The molecule has 1 N–H and O–H groups in total. The third kappa shape index (κ3) is 4.20. The lowest BCUT2D eigenvalue weighted by atomic mass is 9.84. The van der Waals surface area contributed by atoms with Crippen molar-refractivity contribution in [1.82, 2.24) is 10.3 Å². The molecule has 112 valence electrons. The quantitative estimate of drug-likeness (QED) is 0.911. The van der Waals surface area contributed by atoms with Crippen LogP contribution >= 0.6 is 0 Å². The fourth-order valence-electron chi connectivity index (χ4n) is 2.93. The van der Waals surface area contributed by atoms with Crippen LogP contribution in [0.4, 0.5) is 5.82 Å². The van der Waals surface area contributed by atoms with Gasteiger partial charge in [-0.3, -0.25) is 0 Å². The first kappa shape index (κ1) is 15.3. The Morgan fingerprint density at radius 1 is 1.35 bits per heavy atom. The molecule has 0 unspecified atom stereocenters. The van der Waals surface area contributed by atoms with Gasteiger partial charge in [0, 0.05) is 31.4 Å². The van der Waals surface area contributed by atoms with E-state index in [2.05, 4.69) is 57.0 Å². The van der Waals surface area contributed by atoms with E-state index < -0.39 is 0 Å². The third-order valence-electron chi connectivity index (χ3n) is 3.94. The van der Waals surface area contributed by atoms with E-state index >= 15 is 0 Å². The summed E-state index contributed by atoms with van der Waals surface area (Å²) in [7, 11) is 0. The molecular weight excluding hydrogens is 246 g/mol. The number of nitrogens with zero attached hydrogens (tertiary/aromatic N) is 2. The fraction of sp³-hybridized carbons (Fsp3) is 0.706. The highest BCUT2D eigenvalue weighted by Gasteiger charge is 2.27. The highest BCUT2D eigenvalue weighted by atomic mass is 15.2. The standard InChI is InChI=1S/C17H29N3/c1-13(2)18-11-15-9-14(3)19-16(10-15)20-8-6-7-17(4,5)12-20/h9-10,13,18H,6-8,11-12H2,1-5H3. The smallest absolute Gasteiger partial charge is 0.129 e. The molecule has 0 radical (unpaired) electrons. The van der Waals surface area contributed by atoms with Crippen LogP contribution in [0.15, 0.2) is 12.1 Å². The Labute approximate surface area is 123 Å². The average Bonchev–Trinajstić information content (AvgIpc) is 2.34. The maximum Gasteiger partial charge on any atom is 0.129 e. The molecule has 0 atom stereocenters. The number of rotatable bonds is 4. The predicted molar refractivity (Wildman–Crippen MR) is 86.2 cm³/mol. The van der Waals surface area contributed by atoms with Gasteiger partial charge in [0.15, 0.2) is 0 Å². The van der Waals surface area contributed by atoms with E-state index in [0.29, 0.717) is 11.5 Å². The van der Waals surface area contributed by atoms with E-state index in [1.54, 1.807) is 0 Å². The summed E-state index contributed by atoms with van der Waals surface area (Å²) in [5, 5.41) is 3.49. The van der Waals surface area contributed by atoms with Crippen molar-refractivity contribution in [2.75, 3.05) is 18.0 Å². The largest absolute Gasteiger partial charge is 0.356 e. The second kappa shape index (κ2) is 6.13. The summed E-state index contributed by atoms with van der Waals surface area (Å²) in [5.74, 6) is 1.15. The van der Waals surface area contributed by atoms with E-state index in [0.717, 1.165) is 31.1 Å². The van der Waals surface area contributed by atoms with Gasteiger partial charge in [-0.25, -0.2) is 4.98 Å². The molecule has 2 heterocycles. The van der Waals surface area contributed by atoms with Crippen LogP contribution in [0.3, 0.4) is 0 Å². The van der Waals surface area contributed by atoms with Crippen molar-refractivity contribution < 1.29 is 0 Å². The van der Waals surface area contributed by atoms with Crippen molar-refractivity contribution in [3.05, 3.63) is 23.4 Å². The number of aromatic nitrogens is 1. The van der Waals surface area contributed by atoms with E-state index in [1.165, 1.54) is 18.4 Å². The number of hydrogen-bond donors (Lipinski definition) is 1. The SMILES string of the molecule is Cc1cc(CNC(C)C)cc(N2CCCC(C)(C)C2)n1. The Morgan fingerprint density at radius 2 is 2.10 bits per heavy atom. The van der Waals surface area contributed by atoms with Crippen LogP contribution in [-0.2, 0) is 6.54 Å². The Hall–Kier alpha value is -1.09. The van der Waals surface area contributed by atoms with E-state index in [1.807, 2.05) is 0 Å². The normalized spacial score (nSPS) is 18.6. The molecule has 1 fully saturated rings. The van der Waals surface area contributed by atoms with Crippen molar-refractivity contribution >= 4 is 5.82 Å². The maximum absolute atomic E-state index is 4.75. The Bertz CT molecular complexity index is 452. The number of piperidine rings is 1. The Kier molecular flexibility index (Phi) is 4.69. The van der Waals surface area contributed by atoms with Crippen molar-refractivity contribution in [1.29, 1.82) is 0 Å². The van der Waals surface area contributed by atoms with Gasteiger partial charge < -0.3 is 10.2 Å². The first-order valence-corrected chi connectivity index (χ1v) is 7.82. The maximum atomic E-state index is 4.75. The third-order valence-corrected chi connectivity index (χ3v) is 3.94. The molecule has 1 aromatic rings. The van der Waals surface area contributed by atoms with Gasteiger partial charge >= 0.3 is 0 Å². The molecule has 0 amide bonds. The summed E-state index contributed by atoms with van der Waals surface area (Å²) in [6.45, 7) is 14.3. The number of anilines is 1. The molecule has 3 nitrogen and oxygen atoms in total. The molecule has 0 bridgehead atoms. The van der Waals surface area contributed by atoms with Gasteiger partial charge in [0.25, 0.3) is 0 Å². The fourth-order valence-corrected chi connectivity index (χ4v) is 2.93. The molecule has 0 aliphatic carbocycles. The number of nitrogens with one attached hydrogen (secondary N) is 1. The Balaban J connectivity index is 2.14. The highest BCUT2D eigenvalue weighted by molar-refractivity contribution is 5.43. The molecule has 1 aliphatic heterocycles. The molecular formula is C17H29N3. The lowest BCUT2D eigenvalue weighted by Crippen LogP contribution is -2.40. The molecule has 20 heavy (non-hydrogen) atoms. The van der Waals surface area contributed by atoms with Gasteiger partial charge in [0.1, 0.15) is 5.82 Å². The van der Waals surface area contributed by atoms with Gasteiger partial charge in [-0.1, -0.05) is 27.7 Å². The zero-order valence-electron chi connectivity index (χ0n) is 13.7. The molecule has 0 saturated carbocycles. The van der Waals surface area contributed by atoms with E-state index in [9.17, 15) is 0 Å². The molecule has 1 saturated heterocycles. The molecule has 0 aromatic carbocycles. The van der Waals surface area contributed by atoms with Crippen LogP contribution in [0.2, 0.25) is 0 Å². The van der Waals surface area contributed by atoms with Gasteiger partial charge in [0.05, 0.1) is 0 Å². The average molecular weight is 275 g/mol. The summed E-state index contributed by atoms with van der Waals surface area (Å²) < 4.78 is 0. The molecule has 2 rings (SSSR count). The van der Waals surface area contributed by atoms with Gasteiger partial charge in [-0.2, -0.15) is 0 Å². The second-order valence-electron chi connectivity index (χ2n) is 7.20. The zero-order chi connectivity index (χ0) is 14.8. The minimum Gasteiger partial charge on any atom is -0.356 e. The lowest BCUT2D eigenvalue weighted by Gasteiger charge is -2.39. The van der Waals surface area contributed by atoms with E-state index in [4.69, 9.17) is 4.98 Å². The van der Waals surface area contributed by atoms with Crippen LogP contribution in [0.5, 0.6) is 0 Å². The monoisotopic (exact) mass is 275 g/mol. The topological polar surface area (TPSA) is 28.2 Å². The summed E-state index contributed by atoms with van der Waals surface area (Å²) in [4.78, 5) is 7.20. The van der Waals surface area contributed by atoms with Crippen molar-refractivity contribution in [2.45, 2.75) is 60.0 Å². The van der Waals surface area contributed by atoms with Crippen LogP contribution in [0.25, 0.3) is 0 Å². The Morgan fingerprint density at radius 3 is 2.75 bits per heavy atom. The van der Waals surface area contributed by atoms with Crippen molar-refractivity contribution in [3.8, 4) is 0 Å². The predicted octanol–water partition coefficient (Wildman–Crippen LogP) is 3.51. The highest BCUT2D eigenvalue weighted by Crippen LogP contribution is 2.31. The summed E-state index contributed by atoms with van der Waals surface area (Å²) >= 11 is 0. The lowest BCUT2D eigenvalue weighted by molar-refractivity contribution is 0.292.